The van der Waals surface area contributed by atoms with Crippen molar-refractivity contribution >= 4 is 28.5 Å². The number of pyridine rings is 2. The largest absolute Gasteiger partial charge is 0.421 e. The number of halogens is 1. The number of hydrogen-bond donors (Lipinski definition) is 1. The number of aromatic amines is 1. The van der Waals surface area contributed by atoms with Gasteiger partial charge in [0.05, 0.1) is 17.3 Å². The number of esters is 1. The Bertz CT molecular complexity index is 1190. The highest BCUT2D eigenvalue weighted by Crippen LogP contribution is 2.29. The van der Waals surface area contributed by atoms with Crippen LogP contribution in [0.15, 0.2) is 77.9 Å². The Labute approximate surface area is 159 Å². The summed E-state index contributed by atoms with van der Waals surface area (Å²) >= 11 is 6.14. The number of nitrogens with one attached hydrogen (secondary N) is 1. The number of hydrogen-bond acceptors (Lipinski definition) is 4. The van der Waals surface area contributed by atoms with Crippen molar-refractivity contribution in [3.63, 3.8) is 0 Å². The molecular formula is C21H13ClN2O3. The molecule has 132 valence electrons. The second-order valence-corrected chi connectivity index (χ2v) is 6.27. The molecule has 0 amide bonds. The lowest BCUT2D eigenvalue weighted by Crippen LogP contribution is -2.19. The third kappa shape index (κ3) is 3.32. The fourth-order valence-electron chi connectivity index (χ4n) is 2.92. The van der Waals surface area contributed by atoms with Gasteiger partial charge in [0.2, 0.25) is 0 Å². The highest BCUT2D eigenvalue weighted by molar-refractivity contribution is 6.31. The summed E-state index contributed by atoms with van der Waals surface area (Å²) in [5, 5.41) is 0.957. The first-order valence-corrected chi connectivity index (χ1v) is 8.54. The zero-order chi connectivity index (χ0) is 18.8. The Morgan fingerprint density at radius 3 is 2.59 bits per heavy atom. The molecule has 5 nitrogen and oxygen atoms in total. The summed E-state index contributed by atoms with van der Waals surface area (Å²) in [6.07, 6.45) is 3.01. The van der Waals surface area contributed by atoms with E-state index in [-0.39, 0.29) is 22.4 Å². The number of aromatic nitrogens is 2. The number of carbonyl (C=O) groups is 1. The van der Waals surface area contributed by atoms with Gasteiger partial charge in [0.25, 0.3) is 5.56 Å². The first kappa shape index (κ1) is 17.0. The van der Waals surface area contributed by atoms with Crippen LogP contribution >= 0.6 is 11.6 Å². The number of benzene rings is 2. The predicted molar refractivity (Wildman–Crippen MR) is 104 cm³/mol. The fraction of sp³-hybridized carbons (Fsp3) is 0. The van der Waals surface area contributed by atoms with E-state index in [1.807, 2.05) is 6.07 Å². The first-order chi connectivity index (χ1) is 13.1. The summed E-state index contributed by atoms with van der Waals surface area (Å²) in [6.45, 7) is 0. The molecule has 0 aliphatic heterocycles. The van der Waals surface area contributed by atoms with Gasteiger partial charge in [-0.15, -0.1) is 0 Å². The second-order valence-electron chi connectivity index (χ2n) is 5.84. The second kappa shape index (κ2) is 7.05. The topological polar surface area (TPSA) is 72.0 Å². The third-order valence-corrected chi connectivity index (χ3v) is 4.32. The summed E-state index contributed by atoms with van der Waals surface area (Å²) in [6, 6.07) is 17.2. The van der Waals surface area contributed by atoms with Crippen molar-refractivity contribution in [1.82, 2.24) is 9.97 Å². The molecule has 1 N–H and O–H groups in total. The van der Waals surface area contributed by atoms with Crippen molar-refractivity contribution < 1.29 is 9.53 Å². The number of rotatable bonds is 3. The number of ether oxygens (including phenoxy) is 1. The van der Waals surface area contributed by atoms with Gasteiger partial charge >= 0.3 is 5.97 Å². The van der Waals surface area contributed by atoms with Crippen LogP contribution in [-0.4, -0.2) is 15.9 Å². The lowest BCUT2D eigenvalue weighted by molar-refractivity contribution is 0.0737. The lowest BCUT2D eigenvalue weighted by atomic mass is 9.97. The summed E-state index contributed by atoms with van der Waals surface area (Å²) in [5.74, 6) is -0.364. The van der Waals surface area contributed by atoms with Gasteiger partial charge < -0.3 is 9.72 Å². The Balaban J connectivity index is 1.99. The molecule has 4 rings (SSSR count). The van der Waals surface area contributed by atoms with E-state index in [1.165, 1.54) is 6.20 Å². The monoisotopic (exact) mass is 376 g/mol. The smallest absolute Gasteiger partial charge is 0.345 e. The van der Waals surface area contributed by atoms with Gasteiger partial charge in [0, 0.05) is 22.1 Å². The van der Waals surface area contributed by atoms with Crippen LogP contribution in [0.4, 0.5) is 0 Å². The maximum atomic E-state index is 13.0. The van der Waals surface area contributed by atoms with Crippen molar-refractivity contribution in [2.75, 3.05) is 0 Å². The van der Waals surface area contributed by atoms with Crippen molar-refractivity contribution in [1.29, 1.82) is 0 Å². The van der Waals surface area contributed by atoms with Crippen LogP contribution in [0.5, 0.6) is 5.75 Å². The third-order valence-electron chi connectivity index (χ3n) is 4.09. The molecule has 0 aliphatic rings. The first-order valence-electron chi connectivity index (χ1n) is 8.16. The Morgan fingerprint density at radius 2 is 1.85 bits per heavy atom. The molecule has 0 bridgehead atoms. The molecule has 0 aliphatic carbocycles. The van der Waals surface area contributed by atoms with Crippen LogP contribution in [0.3, 0.4) is 0 Å². The van der Waals surface area contributed by atoms with E-state index in [1.54, 1.807) is 60.8 Å². The van der Waals surface area contributed by atoms with Gasteiger partial charge in [-0.3, -0.25) is 9.78 Å². The van der Waals surface area contributed by atoms with Gasteiger partial charge in [-0.1, -0.05) is 41.9 Å². The van der Waals surface area contributed by atoms with E-state index in [0.29, 0.717) is 21.5 Å². The number of nitrogens with zero attached hydrogens (tertiary/aromatic N) is 1. The van der Waals surface area contributed by atoms with Crippen LogP contribution in [-0.2, 0) is 0 Å². The maximum absolute atomic E-state index is 13.0. The van der Waals surface area contributed by atoms with Crippen LogP contribution in [0.1, 0.15) is 10.4 Å². The van der Waals surface area contributed by atoms with Crippen molar-refractivity contribution in [2.45, 2.75) is 0 Å². The normalized spacial score (nSPS) is 10.7. The molecule has 2 aromatic carbocycles. The maximum Gasteiger partial charge on any atom is 0.345 e. The molecule has 2 heterocycles. The van der Waals surface area contributed by atoms with Crippen LogP contribution in [0.2, 0.25) is 5.02 Å². The Kier molecular flexibility index (Phi) is 4.44. The van der Waals surface area contributed by atoms with E-state index >= 15 is 0 Å². The molecule has 2 aromatic heterocycles. The van der Waals surface area contributed by atoms with Crippen molar-refractivity contribution in [3.05, 3.63) is 94.0 Å². The number of fused-ring (bicyclic) bond motifs is 1. The zero-order valence-electron chi connectivity index (χ0n) is 14.0. The molecule has 0 radical (unpaired) electrons. The minimum absolute atomic E-state index is 0.159. The number of carbonyl (C=O) groups excluding carboxylic acids is 1. The Hall–Kier alpha value is -3.44. The average molecular weight is 377 g/mol. The van der Waals surface area contributed by atoms with E-state index in [9.17, 15) is 9.59 Å². The SMILES string of the molecule is O=C(Oc1cccnc1)c1c(-c2ccccc2)c(=O)[nH]c2ccc(Cl)cc12. The predicted octanol–water partition coefficient (Wildman–Crippen LogP) is 4.46. The molecular weight excluding hydrogens is 364 g/mol. The summed E-state index contributed by atoms with van der Waals surface area (Å²) in [5.41, 5.74) is 1.13. The zero-order valence-corrected chi connectivity index (χ0v) is 14.7. The highest BCUT2D eigenvalue weighted by atomic mass is 35.5. The summed E-state index contributed by atoms with van der Waals surface area (Å²) in [4.78, 5) is 32.6. The minimum atomic E-state index is -0.653. The Morgan fingerprint density at radius 1 is 1.04 bits per heavy atom. The van der Waals surface area contributed by atoms with Crippen molar-refractivity contribution in [3.8, 4) is 16.9 Å². The standard InChI is InChI=1S/C21H13ClN2O3/c22-14-8-9-17-16(11-14)19(21(26)27-15-7-4-10-23-12-15)18(20(25)24-17)13-5-2-1-3-6-13/h1-12H,(H,24,25). The van der Waals surface area contributed by atoms with E-state index < -0.39 is 5.97 Å². The molecule has 27 heavy (non-hydrogen) atoms. The van der Waals surface area contributed by atoms with Crippen LogP contribution < -0.4 is 10.3 Å². The highest BCUT2D eigenvalue weighted by Gasteiger charge is 2.22. The molecule has 0 atom stereocenters. The quantitative estimate of drug-likeness (QED) is 0.536. The van der Waals surface area contributed by atoms with Gasteiger partial charge in [-0.25, -0.2) is 4.79 Å². The summed E-state index contributed by atoms with van der Waals surface area (Å²) < 4.78 is 5.47. The molecule has 6 heteroatoms. The minimum Gasteiger partial charge on any atom is -0.421 e. The van der Waals surface area contributed by atoms with Gasteiger partial charge in [0.1, 0.15) is 5.75 Å². The van der Waals surface area contributed by atoms with Gasteiger partial charge in [-0.2, -0.15) is 0 Å². The van der Waals surface area contributed by atoms with Crippen molar-refractivity contribution in [2.24, 2.45) is 0 Å². The molecule has 4 aromatic rings. The number of H-pyrrole nitrogens is 1. The fourth-order valence-corrected chi connectivity index (χ4v) is 3.10. The average Bonchev–Trinajstić information content (AvgIpc) is 2.68. The van der Waals surface area contributed by atoms with E-state index in [4.69, 9.17) is 16.3 Å². The molecule has 0 saturated carbocycles. The van der Waals surface area contributed by atoms with E-state index in [2.05, 4.69) is 9.97 Å². The lowest BCUT2D eigenvalue weighted by Gasteiger charge is -2.12. The van der Waals surface area contributed by atoms with Crippen LogP contribution in [0.25, 0.3) is 22.0 Å². The molecule has 0 saturated heterocycles. The van der Waals surface area contributed by atoms with Gasteiger partial charge in [-0.05, 0) is 35.9 Å². The summed E-state index contributed by atoms with van der Waals surface area (Å²) in [7, 11) is 0. The van der Waals surface area contributed by atoms with Crippen LogP contribution in [0, 0.1) is 0 Å². The molecule has 0 fully saturated rings. The molecule has 0 unspecified atom stereocenters. The van der Waals surface area contributed by atoms with Gasteiger partial charge in [0.15, 0.2) is 0 Å². The molecule has 0 spiro atoms. The van der Waals surface area contributed by atoms with E-state index in [0.717, 1.165) is 0 Å².